The van der Waals surface area contributed by atoms with Gasteiger partial charge in [0, 0.05) is 42.7 Å². The van der Waals surface area contributed by atoms with Crippen molar-refractivity contribution in [2.45, 2.75) is 57.8 Å². The first-order chi connectivity index (χ1) is 18.4. The largest absolute Gasteiger partial charge is 0.456 e. The number of benzene rings is 2. The maximum Gasteiger partial charge on any atom is 0.166 e. The van der Waals surface area contributed by atoms with Gasteiger partial charge in [-0.3, -0.25) is 0 Å². The molecule has 1 aliphatic heterocycles. The smallest absolute Gasteiger partial charge is 0.166 e. The van der Waals surface area contributed by atoms with Gasteiger partial charge in [-0.15, -0.1) is 0 Å². The molecule has 2 aromatic carbocycles. The lowest BCUT2D eigenvalue weighted by atomic mass is 9.74. The first-order valence-corrected chi connectivity index (χ1v) is 14.6. The Balaban J connectivity index is 1.63. The third kappa shape index (κ3) is 8.27. The van der Waals surface area contributed by atoms with Crippen molar-refractivity contribution in [3.05, 3.63) is 58.7 Å². The third-order valence-electron chi connectivity index (χ3n) is 6.89. The predicted molar refractivity (Wildman–Crippen MR) is 166 cm³/mol. The van der Waals surface area contributed by atoms with Crippen LogP contribution in [0.4, 0.5) is 0 Å². The fourth-order valence-corrected chi connectivity index (χ4v) is 5.14. The molecule has 7 nitrogen and oxygen atoms in total. The van der Waals surface area contributed by atoms with Crippen molar-refractivity contribution in [2.24, 2.45) is 11.5 Å². The molecule has 3 rings (SSSR count). The molecule has 0 amide bonds. The first-order valence-electron chi connectivity index (χ1n) is 13.7. The fourth-order valence-electron chi connectivity index (χ4n) is 4.73. The van der Waals surface area contributed by atoms with Gasteiger partial charge in [-0.25, -0.2) is 0 Å². The molecule has 0 saturated carbocycles. The zero-order valence-corrected chi connectivity index (χ0v) is 24.5. The van der Waals surface area contributed by atoms with Crippen LogP contribution in [-0.4, -0.2) is 49.5 Å². The Hall–Kier alpha value is -2.46. The zero-order valence-electron chi connectivity index (χ0n) is 22.8. The van der Waals surface area contributed by atoms with E-state index in [1.54, 1.807) is 0 Å². The van der Waals surface area contributed by atoms with Crippen molar-refractivity contribution < 1.29 is 4.74 Å². The average molecular weight is 557 g/mol. The summed E-state index contributed by atoms with van der Waals surface area (Å²) in [6.07, 6.45) is 5.55. The molecular weight excluding hydrogens is 512 g/mol. The molecule has 0 spiro atoms. The van der Waals surface area contributed by atoms with E-state index in [-0.39, 0.29) is 5.41 Å². The van der Waals surface area contributed by atoms with Gasteiger partial charge in [-0.05, 0) is 87.2 Å². The fraction of sp³-hybridized carbons (Fsp3) is 0.517. The summed E-state index contributed by atoms with van der Waals surface area (Å²) in [5, 5.41) is 14.4. The molecule has 0 saturated heterocycles. The molecule has 0 bridgehead atoms. The first kappa shape index (κ1) is 30.1. The summed E-state index contributed by atoms with van der Waals surface area (Å²) >= 11 is 10.7. The molecule has 0 fully saturated rings. The standard InChI is InChI=1S/C29H44N6OS2/c1-29(2)23-13-3-9-21(11-5-17-32-27(37)34-19-7-15-30)25(23)36-26-22(10-4-14-24(26)29)12-6-18-33-28(38)35-20-8-16-31/h3-4,9-10,13-14H,5-8,11-12,15-20,30-31H2,1-2H3,(H2,32,34,37)(H2,33,35,38). The van der Waals surface area contributed by atoms with Gasteiger partial charge < -0.3 is 37.5 Å². The van der Waals surface area contributed by atoms with Crippen LogP contribution in [0.5, 0.6) is 11.5 Å². The summed E-state index contributed by atoms with van der Waals surface area (Å²) in [4.78, 5) is 0. The van der Waals surface area contributed by atoms with Gasteiger partial charge in [0.2, 0.25) is 0 Å². The Kier molecular flexibility index (Phi) is 12.0. The van der Waals surface area contributed by atoms with Gasteiger partial charge in [-0.2, -0.15) is 0 Å². The number of rotatable bonds is 14. The van der Waals surface area contributed by atoms with E-state index in [2.05, 4.69) is 71.5 Å². The minimum absolute atomic E-state index is 0.144. The van der Waals surface area contributed by atoms with Gasteiger partial charge in [0.05, 0.1) is 0 Å². The Morgan fingerprint density at radius 1 is 0.684 bits per heavy atom. The normalized spacial score (nSPS) is 13.1. The highest BCUT2D eigenvalue weighted by molar-refractivity contribution is 7.80. The molecule has 208 valence electrons. The third-order valence-corrected chi connectivity index (χ3v) is 7.47. The summed E-state index contributed by atoms with van der Waals surface area (Å²) in [6, 6.07) is 13.1. The van der Waals surface area contributed by atoms with Gasteiger partial charge in [0.25, 0.3) is 0 Å². The van der Waals surface area contributed by atoms with Crippen LogP contribution in [0, 0.1) is 0 Å². The van der Waals surface area contributed by atoms with Crippen LogP contribution >= 0.6 is 24.4 Å². The van der Waals surface area contributed by atoms with Crippen LogP contribution < -0.4 is 37.5 Å². The number of hydrogen-bond donors (Lipinski definition) is 6. The van der Waals surface area contributed by atoms with E-state index in [4.69, 9.17) is 40.6 Å². The summed E-state index contributed by atoms with van der Waals surface area (Å²) in [5.74, 6) is 2.01. The number of para-hydroxylation sites is 2. The van der Waals surface area contributed by atoms with Crippen LogP contribution in [0.3, 0.4) is 0 Å². The van der Waals surface area contributed by atoms with Crippen molar-refractivity contribution in [1.29, 1.82) is 0 Å². The zero-order chi connectivity index (χ0) is 27.4. The SMILES string of the molecule is CC1(C)c2cccc(CCCNC(=S)NCCCN)c2Oc2c(CCCNC(=S)NCCCN)cccc21. The van der Waals surface area contributed by atoms with E-state index < -0.39 is 0 Å². The number of ether oxygens (including phenoxy) is 1. The van der Waals surface area contributed by atoms with Crippen LogP contribution in [0.25, 0.3) is 0 Å². The van der Waals surface area contributed by atoms with Crippen LogP contribution in [0.1, 0.15) is 61.8 Å². The topological polar surface area (TPSA) is 109 Å². The van der Waals surface area contributed by atoms with Crippen LogP contribution in [0.2, 0.25) is 0 Å². The maximum atomic E-state index is 6.72. The second-order valence-electron chi connectivity index (χ2n) is 10.2. The molecule has 1 aliphatic rings. The lowest BCUT2D eigenvalue weighted by Gasteiger charge is -2.36. The minimum atomic E-state index is -0.144. The Bertz CT molecular complexity index is 994. The van der Waals surface area contributed by atoms with Crippen molar-refractivity contribution in [2.75, 3.05) is 39.3 Å². The lowest BCUT2D eigenvalue weighted by molar-refractivity contribution is 0.407. The van der Waals surface area contributed by atoms with Crippen molar-refractivity contribution in [3.63, 3.8) is 0 Å². The second-order valence-corrected chi connectivity index (χ2v) is 11.0. The van der Waals surface area contributed by atoms with Crippen molar-refractivity contribution in [3.8, 4) is 11.5 Å². The molecule has 1 heterocycles. The highest BCUT2D eigenvalue weighted by Crippen LogP contribution is 2.50. The summed E-state index contributed by atoms with van der Waals surface area (Å²) < 4.78 is 6.72. The summed E-state index contributed by atoms with van der Waals surface area (Å²) in [6.45, 7) is 9.11. The predicted octanol–water partition coefficient (Wildman–Crippen LogP) is 3.61. The van der Waals surface area contributed by atoms with E-state index in [0.29, 0.717) is 23.3 Å². The van der Waals surface area contributed by atoms with Gasteiger partial charge in [0.1, 0.15) is 11.5 Å². The second kappa shape index (κ2) is 15.2. The van der Waals surface area contributed by atoms with Crippen molar-refractivity contribution in [1.82, 2.24) is 21.3 Å². The molecule has 9 heteroatoms. The van der Waals surface area contributed by atoms with E-state index in [1.165, 1.54) is 22.3 Å². The molecule has 0 radical (unpaired) electrons. The molecule has 38 heavy (non-hydrogen) atoms. The molecule has 0 aromatic heterocycles. The van der Waals surface area contributed by atoms with Gasteiger partial charge in [0.15, 0.2) is 10.2 Å². The minimum Gasteiger partial charge on any atom is -0.456 e. The van der Waals surface area contributed by atoms with Gasteiger partial charge >= 0.3 is 0 Å². The number of nitrogens with two attached hydrogens (primary N) is 2. The maximum absolute atomic E-state index is 6.72. The molecule has 2 aromatic rings. The van der Waals surface area contributed by atoms with Crippen LogP contribution in [-0.2, 0) is 18.3 Å². The summed E-state index contributed by atoms with van der Waals surface area (Å²) in [5.41, 5.74) is 15.9. The van der Waals surface area contributed by atoms with Crippen LogP contribution in [0.15, 0.2) is 36.4 Å². The lowest BCUT2D eigenvalue weighted by Crippen LogP contribution is -2.37. The number of fused-ring (bicyclic) bond motifs is 2. The Morgan fingerprint density at radius 3 is 1.47 bits per heavy atom. The highest BCUT2D eigenvalue weighted by atomic mass is 32.1. The summed E-state index contributed by atoms with van der Waals surface area (Å²) in [7, 11) is 0. The number of aryl methyl sites for hydroxylation is 2. The molecular formula is C29H44N6OS2. The molecule has 8 N–H and O–H groups in total. The Morgan fingerprint density at radius 2 is 1.08 bits per heavy atom. The monoisotopic (exact) mass is 556 g/mol. The van der Waals surface area contributed by atoms with E-state index in [9.17, 15) is 0 Å². The Labute approximate surface area is 238 Å². The highest BCUT2D eigenvalue weighted by Gasteiger charge is 2.36. The quantitative estimate of drug-likeness (QED) is 0.154. The van der Waals surface area contributed by atoms with Crippen molar-refractivity contribution >= 4 is 34.7 Å². The van der Waals surface area contributed by atoms with E-state index in [1.807, 2.05) is 0 Å². The number of hydrogen-bond acceptors (Lipinski definition) is 5. The molecule has 0 unspecified atom stereocenters. The van der Waals surface area contributed by atoms with E-state index in [0.717, 1.165) is 76.2 Å². The average Bonchev–Trinajstić information content (AvgIpc) is 2.90. The van der Waals surface area contributed by atoms with E-state index >= 15 is 0 Å². The number of nitrogens with one attached hydrogen (secondary N) is 4. The molecule has 0 aliphatic carbocycles. The van der Waals surface area contributed by atoms with Gasteiger partial charge in [-0.1, -0.05) is 50.2 Å². The molecule has 0 atom stereocenters. The number of thiocarbonyl (C=S) groups is 2.